The number of hydrogen-bond acceptors (Lipinski definition) is 16. The van der Waals surface area contributed by atoms with Crippen molar-refractivity contribution in [1.82, 2.24) is 4.90 Å². The van der Waals surface area contributed by atoms with E-state index in [2.05, 4.69) is 46.4 Å². The summed E-state index contributed by atoms with van der Waals surface area (Å²) < 4.78 is 60.6. The summed E-state index contributed by atoms with van der Waals surface area (Å²) >= 11 is 0. The molecule has 15 rings (SSSR count). The van der Waals surface area contributed by atoms with E-state index in [-0.39, 0.29) is 35.5 Å². The number of rotatable bonds is 12. The third kappa shape index (κ3) is 7.40. The maximum atomic E-state index is 6.81. The van der Waals surface area contributed by atoms with E-state index in [0.29, 0.717) is 75.0 Å². The standard InChI is InChI=1S/C51H81NO15/c1-28-10-13-37-31(4)40(56-43-49(37)34(28)16-19-46(7,59-43)62-65-49)53-25-22-52(23-26-54-41-32(5)38-14-11-29(2)35-17-20-47(8)60-44(57-41)50(35,38)66-63-47)24-27-55-42-33(6)39-15-12-30(3)36-18-21-48(9)61-45(58-42)51(36,39)67-64-48/h28-45H,10-27H2,1-9H3/t28-,29-,30-,31-,32-,33-,34+,35+,36+,37+,38+,39+,40?,41?,42?,43-,44-,45-,46-,47-,48+,49-,50-,51-/m1/s1. The quantitative estimate of drug-likeness (QED) is 0.175. The van der Waals surface area contributed by atoms with Gasteiger partial charge in [-0.1, -0.05) is 41.5 Å². The molecular weight excluding hydrogens is 867 g/mol. The van der Waals surface area contributed by atoms with Crippen LogP contribution in [0.4, 0.5) is 0 Å². The highest BCUT2D eigenvalue weighted by Gasteiger charge is 2.72. The van der Waals surface area contributed by atoms with Crippen molar-refractivity contribution in [3.05, 3.63) is 0 Å². The highest BCUT2D eigenvalue weighted by molar-refractivity contribution is 5.12. The summed E-state index contributed by atoms with van der Waals surface area (Å²) in [6.45, 7) is 22.9. The third-order valence-electron chi connectivity index (χ3n) is 20.4. The Morgan fingerprint density at radius 1 is 0.388 bits per heavy atom. The molecule has 0 amide bonds. The molecule has 12 aliphatic heterocycles. The zero-order valence-electron chi connectivity index (χ0n) is 41.7. The highest BCUT2D eigenvalue weighted by Crippen LogP contribution is 2.64. The Morgan fingerprint density at radius 2 is 0.687 bits per heavy atom. The van der Waals surface area contributed by atoms with Crippen molar-refractivity contribution in [3.8, 4) is 0 Å². The molecule has 12 heterocycles. The molecule has 3 aliphatic carbocycles. The zero-order chi connectivity index (χ0) is 46.3. The molecular formula is C51H81NO15. The SMILES string of the molecule is C[C@@H]1CC[C@H]2[C@@H](C)C(OCCN(CCOC3O[C@@H]4O[C@@]5(C)CC[C@H]6[C@H](C)CC[C@@H]([C@H]3C)[C@@]46OO5)CCOC3O[C@@H]4O[C@]5(C)CC[C@H]6[C@H](C)CC[C@@H]([C@H]3C)[C@@]46OO5)O[C@@H]3O[C@@]4(C)CC[C@@H]1[C@]32OO4. The molecule has 3 unspecified atom stereocenters. The van der Waals surface area contributed by atoms with E-state index in [1.54, 1.807) is 0 Å². The second-order valence-electron chi connectivity index (χ2n) is 24.3. The van der Waals surface area contributed by atoms with E-state index in [9.17, 15) is 0 Å². The van der Waals surface area contributed by atoms with E-state index in [1.165, 1.54) is 0 Å². The smallest absolute Gasteiger partial charge is 0.201 e. The molecule has 0 radical (unpaired) electrons. The van der Waals surface area contributed by atoms with Gasteiger partial charge in [0, 0.05) is 74.4 Å². The lowest BCUT2D eigenvalue weighted by atomic mass is 9.58. The summed E-state index contributed by atoms with van der Waals surface area (Å²) in [7, 11) is 0. The zero-order valence-corrected chi connectivity index (χ0v) is 41.7. The monoisotopic (exact) mass is 948 g/mol. The van der Waals surface area contributed by atoms with Gasteiger partial charge in [-0.05, 0) is 114 Å². The van der Waals surface area contributed by atoms with Crippen LogP contribution in [0.3, 0.4) is 0 Å². The van der Waals surface area contributed by atoms with Crippen LogP contribution in [0.5, 0.6) is 0 Å². The molecule has 3 saturated carbocycles. The van der Waals surface area contributed by atoms with Crippen LogP contribution in [0.2, 0.25) is 0 Å². The molecule has 15 fully saturated rings. The van der Waals surface area contributed by atoms with Gasteiger partial charge in [-0.2, -0.15) is 0 Å². The normalized spacial score (nSPS) is 57.2. The first-order valence-corrected chi connectivity index (χ1v) is 26.8. The maximum absolute atomic E-state index is 6.81. The van der Waals surface area contributed by atoms with Crippen LogP contribution in [0.15, 0.2) is 0 Å². The van der Waals surface area contributed by atoms with Crippen LogP contribution in [0.1, 0.15) is 139 Å². The van der Waals surface area contributed by atoms with Crippen LogP contribution in [-0.4, -0.2) is 116 Å². The van der Waals surface area contributed by atoms with Crippen molar-refractivity contribution in [2.24, 2.45) is 71.0 Å². The fourth-order valence-electron chi connectivity index (χ4n) is 16.4. The largest absolute Gasteiger partial charge is 0.351 e. The summed E-state index contributed by atoms with van der Waals surface area (Å²) in [5.74, 6) is 0.710. The van der Waals surface area contributed by atoms with Crippen LogP contribution in [0, 0.1) is 71.0 Å². The molecule has 3 spiro atoms. The Kier molecular flexibility index (Phi) is 12.2. The lowest BCUT2D eigenvalue weighted by molar-refractivity contribution is -0.577. The maximum Gasteiger partial charge on any atom is 0.201 e. The fourth-order valence-corrected chi connectivity index (χ4v) is 16.4. The van der Waals surface area contributed by atoms with Crippen LogP contribution < -0.4 is 0 Å². The summed E-state index contributed by atoms with van der Waals surface area (Å²) in [6, 6.07) is 0. The predicted octanol–water partition coefficient (Wildman–Crippen LogP) is 7.96. The molecule has 0 aromatic carbocycles. The Bertz CT molecular complexity index is 1620. The van der Waals surface area contributed by atoms with Gasteiger partial charge < -0.3 is 42.6 Å². The Labute approximate surface area is 397 Å². The molecule has 15 aliphatic rings. The summed E-state index contributed by atoms with van der Waals surface area (Å²) in [5, 5.41) is 0. The van der Waals surface area contributed by atoms with Gasteiger partial charge in [-0.3, -0.25) is 4.90 Å². The van der Waals surface area contributed by atoms with Gasteiger partial charge in [0.05, 0.1) is 19.8 Å². The summed E-state index contributed by atoms with van der Waals surface area (Å²) in [4.78, 5) is 39.8. The molecule has 0 aromatic heterocycles. The number of hydrogen-bond donors (Lipinski definition) is 0. The second kappa shape index (κ2) is 17.2. The van der Waals surface area contributed by atoms with Crippen LogP contribution >= 0.6 is 0 Å². The molecule has 24 atom stereocenters. The van der Waals surface area contributed by atoms with Gasteiger partial charge in [0.1, 0.15) is 0 Å². The first-order chi connectivity index (χ1) is 32.1. The average Bonchev–Trinajstić information content (AvgIpc) is 3.78. The van der Waals surface area contributed by atoms with Crippen LogP contribution in [-0.2, 0) is 72.0 Å². The Hall–Kier alpha value is -0.640. The number of ether oxygens (including phenoxy) is 9. The lowest BCUT2D eigenvalue weighted by Gasteiger charge is -2.60. The average molecular weight is 948 g/mol. The van der Waals surface area contributed by atoms with Crippen molar-refractivity contribution >= 4 is 0 Å². The van der Waals surface area contributed by atoms with Crippen molar-refractivity contribution in [2.75, 3.05) is 39.5 Å². The molecule has 380 valence electrons. The van der Waals surface area contributed by atoms with E-state index in [0.717, 1.165) is 77.0 Å². The fraction of sp³-hybridized carbons (Fsp3) is 1.00. The molecule has 6 bridgehead atoms. The van der Waals surface area contributed by atoms with Gasteiger partial charge in [-0.25, -0.2) is 29.3 Å². The topological polar surface area (TPSA) is 142 Å². The molecule has 16 nitrogen and oxygen atoms in total. The van der Waals surface area contributed by atoms with E-state index in [1.807, 2.05) is 20.8 Å². The minimum atomic E-state index is -0.838. The van der Waals surface area contributed by atoms with Gasteiger partial charge in [0.15, 0.2) is 54.5 Å². The second-order valence-corrected chi connectivity index (χ2v) is 24.3. The highest BCUT2D eigenvalue weighted by atomic mass is 17.3. The number of fused-ring (bicyclic) bond motifs is 6. The van der Waals surface area contributed by atoms with Crippen molar-refractivity contribution in [3.63, 3.8) is 0 Å². The molecule has 12 saturated heterocycles. The van der Waals surface area contributed by atoms with Crippen molar-refractivity contribution in [2.45, 2.75) is 211 Å². The van der Waals surface area contributed by atoms with Crippen molar-refractivity contribution < 1.29 is 72.0 Å². The third-order valence-corrected chi connectivity index (χ3v) is 20.4. The molecule has 0 N–H and O–H groups in total. The minimum Gasteiger partial charge on any atom is -0.351 e. The molecule has 16 heteroatoms. The molecule has 0 aromatic rings. The van der Waals surface area contributed by atoms with Gasteiger partial charge in [0.25, 0.3) is 0 Å². The Balaban J connectivity index is 0.730. The Morgan fingerprint density at radius 3 is 0.985 bits per heavy atom. The van der Waals surface area contributed by atoms with Gasteiger partial charge in [-0.15, -0.1) is 0 Å². The van der Waals surface area contributed by atoms with Gasteiger partial charge in [0.2, 0.25) is 17.4 Å². The first-order valence-electron chi connectivity index (χ1n) is 26.8. The predicted molar refractivity (Wildman–Crippen MR) is 235 cm³/mol. The van der Waals surface area contributed by atoms with E-state index < -0.39 is 71.9 Å². The summed E-state index contributed by atoms with van der Waals surface area (Å²) in [6.07, 6.45) is 8.80. The molecule has 67 heavy (non-hydrogen) atoms. The van der Waals surface area contributed by atoms with Gasteiger partial charge >= 0.3 is 0 Å². The minimum absolute atomic E-state index is 0.0865. The lowest BCUT2D eigenvalue weighted by Crippen LogP contribution is -2.70. The number of nitrogens with zero attached hydrogens (tertiary/aromatic N) is 1. The van der Waals surface area contributed by atoms with E-state index >= 15 is 0 Å². The van der Waals surface area contributed by atoms with Crippen LogP contribution in [0.25, 0.3) is 0 Å². The van der Waals surface area contributed by atoms with Crippen molar-refractivity contribution in [1.29, 1.82) is 0 Å². The summed E-state index contributed by atoms with van der Waals surface area (Å²) in [5.41, 5.74) is -1.89. The first kappa shape index (κ1) is 47.4. The van der Waals surface area contributed by atoms with E-state index in [4.69, 9.17) is 72.0 Å².